The first-order valence-electron chi connectivity index (χ1n) is 8.59. The highest BCUT2D eigenvalue weighted by Crippen LogP contribution is 2.35. The normalized spacial score (nSPS) is 10.9. The molecule has 0 radical (unpaired) electrons. The second kappa shape index (κ2) is 6.56. The van der Waals surface area contributed by atoms with Crippen LogP contribution >= 0.6 is 0 Å². The number of fused-ring (bicyclic) bond motifs is 1. The molecule has 0 N–H and O–H groups in total. The van der Waals surface area contributed by atoms with Gasteiger partial charge in [-0.05, 0) is 41.5 Å². The van der Waals surface area contributed by atoms with E-state index in [0.717, 1.165) is 28.2 Å². The number of benzene rings is 2. The van der Waals surface area contributed by atoms with Gasteiger partial charge in [0.25, 0.3) is 0 Å². The van der Waals surface area contributed by atoms with Crippen LogP contribution in [-0.4, -0.2) is 29.3 Å². The average Bonchev–Trinajstić information content (AvgIpc) is 2.67. The number of pyridine rings is 1. The number of anilines is 1. The van der Waals surface area contributed by atoms with Crippen molar-refractivity contribution in [2.75, 3.05) is 19.0 Å². The van der Waals surface area contributed by atoms with Gasteiger partial charge in [-0.3, -0.25) is 4.98 Å². The predicted octanol–water partition coefficient (Wildman–Crippen LogP) is 4.73. The minimum absolute atomic E-state index is 0.831. The van der Waals surface area contributed by atoms with Gasteiger partial charge >= 0.3 is 0 Å². The molecule has 0 aliphatic rings. The Labute approximate surface area is 153 Å². The maximum atomic E-state index is 4.61. The number of nitrogens with zero attached hydrogens (tertiary/aromatic N) is 4. The lowest BCUT2D eigenvalue weighted by Crippen LogP contribution is -2.12. The van der Waals surface area contributed by atoms with Crippen molar-refractivity contribution in [2.45, 2.75) is 6.92 Å². The average molecular weight is 340 g/mol. The molecule has 0 saturated carbocycles. The Hall–Kier alpha value is -3.27. The predicted molar refractivity (Wildman–Crippen MR) is 107 cm³/mol. The van der Waals surface area contributed by atoms with Crippen LogP contribution in [-0.2, 0) is 0 Å². The first-order valence-corrected chi connectivity index (χ1v) is 8.59. The molecule has 2 heterocycles. The molecule has 4 rings (SSSR count). The highest BCUT2D eigenvalue weighted by atomic mass is 15.2. The summed E-state index contributed by atoms with van der Waals surface area (Å²) in [6, 6.07) is 18.9. The Kier molecular flexibility index (Phi) is 4.09. The van der Waals surface area contributed by atoms with Crippen LogP contribution in [0.25, 0.3) is 33.2 Å². The summed E-state index contributed by atoms with van der Waals surface area (Å²) in [5.74, 6) is 0.831. The van der Waals surface area contributed by atoms with Crippen molar-refractivity contribution >= 4 is 16.6 Å². The summed E-state index contributed by atoms with van der Waals surface area (Å²) < 4.78 is 0. The Morgan fingerprint density at radius 1 is 0.808 bits per heavy atom. The summed E-state index contributed by atoms with van der Waals surface area (Å²) in [7, 11) is 3.95. The van der Waals surface area contributed by atoms with E-state index >= 15 is 0 Å². The van der Waals surface area contributed by atoms with Crippen LogP contribution in [0.15, 0.2) is 67.0 Å². The Bertz CT molecular complexity index is 1070. The van der Waals surface area contributed by atoms with Crippen LogP contribution in [0.5, 0.6) is 0 Å². The fourth-order valence-corrected chi connectivity index (χ4v) is 3.14. The van der Waals surface area contributed by atoms with Crippen molar-refractivity contribution < 1.29 is 0 Å². The van der Waals surface area contributed by atoms with Crippen molar-refractivity contribution in [1.82, 2.24) is 15.2 Å². The quantitative estimate of drug-likeness (QED) is 0.540. The van der Waals surface area contributed by atoms with Gasteiger partial charge in [0.1, 0.15) is 5.69 Å². The minimum Gasteiger partial charge on any atom is -0.361 e. The van der Waals surface area contributed by atoms with Crippen LogP contribution in [0.1, 0.15) is 5.56 Å². The summed E-state index contributed by atoms with van der Waals surface area (Å²) in [5, 5.41) is 11.4. The third kappa shape index (κ3) is 2.90. The van der Waals surface area contributed by atoms with Crippen molar-refractivity contribution in [3.8, 4) is 22.4 Å². The molecule has 0 amide bonds. The largest absolute Gasteiger partial charge is 0.361 e. The standard InChI is InChI=1S/C22H20N4/c1-15-7-8-16-5-4-6-18(19(16)13-15)22-20(17-9-11-23-12-10-17)14-21(24-25-22)26(2)3/h4-14H,1-3H3. The van der Waals surface area contributed by atoms with Crippen LogP contribution < -0.4 is 4.90 Å². The molecule has 4 nitrogen and oxygen atoms in total. The molecule has 2 aromatic heterocycles. The van der Waals surface area contributed by atoms with Crippen molar-refractivity contribution in [3.63, 3.8) is 0 Å². The highest BCUT2D eigenvalue weighted by Gasteiger charge is 2.15. The molecule has 0 saturated heterocycles. The van der Waals surface area contributed by atoms with E-state index in [1.807, 2.05) is 43.5 Å². The molecule has 0 aliphatic heterocycles. The maximum absolute atomic E-state index is 4.61. The lowest BCUT2D eigenvalue weighted by atomic mass is 9.95. The zero-order chi connectivity index (χ0) is 18.1. The summed E-state index contributed by atoms with van der Waals surface area (Å²) in [6.45, 7) is 2.11. The van der Waals surface area contributed by atoms with E-state index in [-0.39, 0.29) is 0 Å². The third-order valence-electron chi connectivity index (χ3n) is 4.52. The molecule has 0 bridgehead atoms. The molecule has 0 atom stereocenters. The number of hydrogen-bond acceptors (Lipinski definition) is 4. The summed E-state index contributed by atoms with van der Waals surface area (Å²) in [4.78, 5) is 6.11. The van der Waals surface area contributed by atoms with Crippen LogP contribution in [0.2, 0.25) is 0 Å². The summed E-state index contributed by atoms with van der Waals surface area (Å²) >= 11 is 0. The molecule has 0 spiro atoms. The number of hydrogen-bond donors (Lipinski definition) is 0. The van der Waals surface area contributed by atoms with Crippen molar-refractivity contribution in [2.24, 2.45) is 0 Å². The molecule has 0 aliphatic carbocycles. The Balaban J connectivity index is 2.02. The van der Waals surface area contributed by atoms with Gasteiger partial charge in [0.05, 0.1) is 0 Å². The molecular weight excluding hydrogens is 320 g/mol. The van der Waals surface area contributed by atoms with Gasteiger partial charge in [0.2, 0.25) is 0 Å². The Morgan fingerprint density at radius 2 is 1.62 bits per heavy atom. The van der Waals surface area contributed by atoms with Gasteiger partial charge in [-0.2, -0.15) is 0 Å². The second-order valence-corrected chi connectivity index (χ2v) is 6.63. The van der Waals surface area contributed by atoms with Gasteiger partial charge in [0.15, 0.2) is 5.82 Å². The van der Waals surface area contributed by atoms with Gasteiger partial charge in [-0.15, -0.1) is 10.2 Å². The van der Waals surface area contributed by atoms with Gasteiger partial charge in [-0.25, -0.2) is 0 Å². The number of rotatable bonds is 3. The first-order chi connectivity index (χ1) is 12.6. The zero-order valence-corrected chi connectivity index (χ0v) is 15.1. The molecule has 0 fully saturated rings. The first kappa shape index (κ1) is 16.2. The molecule has 128 valence electrons. The highest BCUT2D eigenvalue weighted by molar-refractivity contribution is 5.99. The van der Waals surface area contributed by atoms with E-state index in [0.29, 0.717) is 0 Å². The van der Waals surface area contributed by atoms with E-state index in [2.05, 4.69) is 64.6 Å². The van der Waals surface area contributed by atoms with Crippen molar-refractivity contribution in [1.29, 1.82) is 0 Å². The van der Waals surface area contributed by atoms with Crippen LogP contribution in [0, 0.1) is 6.92 Å². The monoisotopic (exact) mass is 340 g/mol. The molecule has 0 unspecified atom stereocenters. The fourth-order valence-electron chi connectivity index (χ4n) is 3.14. The lowest BCUT2D eigenvalue weighted by molar-refractivity contribution is 0.971. The van der Waals surface area contributed by atoms with E-state index in [4.69, 9.17) is 0 Å². The molecule has 2 aromatic carbocycles. The fraction of sp³-hybridized carbons (Fsp3) is 0.136. The zero-order valence-electron chi connectivity index (χ0n) is 15.1. The molecular formula is C22H20N4. The van der Waals surface area contributed by atoms with E-state index in [1.54, 1.807) is 0 Å². The van der Waals surface area contributed by atoms with Crippen molar-refractivity contribution in [3.05, 3.63) is 72.6 Å². The second-order valence-electron chi connectivity index (χ2n) is 6.63. The molecule has 4 heteroatoms. The maximum Gasteiger partial charge on any atom is 0.151 e. The van der Waals surface area contributed by atoms with Gasteiger partial charge in [0, 0.05) is 37.6 Å². The SMILES string of the molecule is Cc1ccc2cccc(-c3nnc(N(C)C)cc3-c3ccncc3)c2c1. The van der Waals surface area contributed by atoms with E-state index in [9.17, 15) is 0 Å². The number of aromatic nitrogens is 3. The van der Waals surface area contributed by atoms with Gasteiger partial charge in [-0.1, -0.05) is 42.0 Å². The molecule has 26 heavy (non-hydrogen) atoms. The molecule has 4 aromatic rings. The van der Waals surface area contributed by atoms with E-state index < -0.39 is 0 Å². The Morgan fingerprint density at radius 3 is 2.38 bits per heavy atom. The van der Waals surface area contributed by atoms with Crippen LogP contribution in [0.3, 0.4) is 0 Å². The van der Waals surface area contributed by atoms with E-state index in [1.165, 1.54) is 16.3 Å². The third-order valence-corrected chi connectivity index (χ3v) is 4.52. The topological polar surface area (TPSA) is 41.9 Å². The summed E-state index contributed by atoms with van der Waals surface area (Å²) in [5.41, 5.74) is 5.35. The lowest BCUT2D eigenvalue weighted by Gasteiger charge is -2.16. The summed E-state index contributed by atoms with van der Waals surface area (Å²) in [6.07, 6.45) is 3.62. The minimum atomic E-state index is 0.831. The van der Waals surface area contributed by atoms with Gasteiger partial charge < -0.3 is 4.90 Å². The smallest absolute Gasteiger partial charge is 0.151 e. The number of aryl methyl sites for hydroxylation is 1. The van der Waals surface area contributed by atoms with Crippen LogP contribution in [0.4, 0.5) is 5.82 Å².